The molecule has 3 aromatic heterocycles. The Bertz CT molecular complexity index is 1220. The number of H-pyrrole nitrogens is 1. The van der Waals surface area contributed by atoms with Crippen molar-refractivity contribution in [2.45, 2.75) is 34.1 Å². The number of nitrogens with one attached hydrogen (secondary N) is 1. The van der Waals surface area contributed by atoms with E-state index in [9.17, 15) is 4.79 Å². The highest BCUT2D eigenvalue weighted by Crippen LogP contribution is 2.30. The van der Waals surface area contributed by atoms with Gasteiger partial charge in [-0.1, -0.05) is 19.9 Å². The number of pyridine rings is 1. The molecule has 0 spiro atoms. The van der Waals surface area contributed by atoms with Gasteiger partial charge in [-0.15, -0.1) is 0 Å². The van der Waals surface area contributed by atoms with Crippen LogP contribution in [0.1, 0.15) is 36.5 Å². The zero-order valence-corrected chi connectivity index (χ0v) is 17.7. The molecule has 7 nitrogen and oxygen atoms in total. The number of methoxy groups -OCH3 is 2. The van der Waals surface area contributed by atoms with Crippen molar-refractivity contribution in [3.63, 3.8) is 0 Å². The molecule has 7 heteroatoms. The molecule has 0 saturated heterocycles. The van der Waals surface area contributed by atoms with Gasteiger partial charge in [-0.3, -0.25) is 4.79 Å². The van der Waals surface area contributed by atoms with Crippen molar-refractivity contribution in [1.29, 1.82) is 0 Å². The first kappa shape index (κ1) is 20.4. The van der Waals surface area contributed by atoms with Crippen LogP contribution in [0.5, 0.6) is 11.5 Å². The highest BCUT2D eigenvalue weighted by molar-refractivity contribution is 5.81. The second-order valence-corrected chi connectivity index (χ2v) is 6.58. The second kappa shape index (κ2) is 8.34. The van der Waals surface area contributed by atoms with E-state index in [0.717, 1.165) is 16.9 Å². The molecule has 0 aliphatic heterocycles. The van der Waals surface area contributed by atoms with E-state index >= 15 is 0 Å². The van der Waals surface area contributed by atoms with E-state index in [1.54, 1.807) is 19.2 Å². The third-order valence-corrected chi connectivity index (χ3v) is 4.53. The molecule has 0 atom stereocenters. The predicted octanol–water partition coefficient (Wildman–Crippen LogP) is 3.82. The normalized spacial score (nSPS) is 10.7. The van der Waals surface area contributed by atoms with Crippen LogP contribution in [0.2, 0.25) is 0 Å². The van der Waals surface area contributed by atoms with Gasteiger partial charge < -0.3 is 18.9 Å². The number of benzene rings is 1. The number of ether oxygens (including phenoxy) is 2. The number of imidazole rings is 1. The van der Waals surface area contributed by atoms with Crippen molar-refractivity contribution in [2.24, 2.45) is 0 Å². The van der Waals surface area contributed by atoms with E-state index in [2.05, 4.69) is 27.9 Å². The maximum atomic E-state index is 12.5. The van der Waals surface area contributed by atoms with Crippen LogP contribution in [0.15, 0.2) is 35.4 Å². The summed E-state index contributed by atoms with van der Waals surface area (Å²) >= 11 is 0. The first-order valence-corrected chi connectivity index (χ1v) is 9.58. The van der Waals surface area contributed by atoms with Crippen LogP contribution in [-0.2, 0) is 6.42 Å². The third-order valence-electron chi connectivity index (χ3n) is 4.53. The second-order valence-electron chi connectivity index (χ2n) is 6.58. The maximum Gasteiger partial charge on any atom is 0.258 e. The fraction of sp³-hybridized carbons (Fsp3) is 0.318. The Morgan fingerprint density at radius 3 is 2.38 bits per heavy atom. The lowest BCUT2D eigenvalue weighted by molar-refractivity contribution is 0.355. The first-order valence-electron chi connectivity index (χ1n) is 9.58. The summed E-state index contributed by atoms with van der Waals surface area (Å²) in [7, 11) is 3.09. The van der Waals surface area contributed by atoms with Gasteiger partial charge in [0.05, 0.1) is 30.8 Å². The Morgan fingerprint density at radius 1 is 1.00 bits per heavy atom. The smallest absolute Gasteiger partial charge is 0.258 e. The first-order chi connectivity index (χ1) is 14.0. The molecule has 0 saturated carbocycles. The number of nitrogens with zero attached hydrogens (tertiary/aromatic N) is 3. The summed E-state index contributed by atoms with van der Waals surface area (Å²) in [5, 5.41) is 0.456. The van der Waals surface area contributed by atoms with Gasteiger partial charge in [-0.2, -0.15) is 0 Å². The number of aromatic amines is 1. The monoisotopic (exact) mass is 394 g/mol. The molecular weight excluding hydrogens is 368 g/mol. The standard InChI is InChI=1S/C20H20N4O3.C2H6/c1-11-5-12(2)19-21-13(10-24(19)9-11)6-18-22-15-8-17(27-4)16(26-3)7-14(15)20(25)23-18;1-2/h5,7-10H,6H2,1-4H3,(H,22,23,25);1-2H3. The van der Waals surface area contributed by atoms with Gasteiger partial charge in [0.2, 0.25) is 0 Å². The summed E-state index contributed by atoms with van der Waals surface area (Å²) in [6, 6.07) is 5.45. The lowest BCUT2D eigenvalue weighted by Gasteiger charge is -2.09. The number of hydrogen-bond acceptors (Lipinski definition) is 5. The Labute approximate surface area is 169 Å². The summed E-state index contributed by atoms with van der Waals surface area (Å²) in [5.41, 5.74) is 4.37. The van der Waals surface area contributed by atoms with Crippen molar-refractivity contribution in [3.05, 3.63) is 63.6 Å². The molecule has 3 heterocycles. The highest BCUT2D eigenvalue weighted by Gasteiger charge is 2.12. The molecule has 1 N–H and O–H groups in total. The quantitative estimate of drug-likeness (QED) is 0.569. The van der Waals surface area contributed by atoms with Gasteiger partial charge in [0.25, 0.3) is 5.56 Å². The summed E-state index contributed by atoms with van der Waals surface area (Å²) in [6.07, 6.45) is 4.43. The Kier molecular flexibility index (Phi) is 5.87. The average molecular weight is 394 g/mol. The van der Waals surface area contributed by atoms with Gasteiger partial charge in [-0.05, 0) is 31.0 Å². The minimum Gasteiger partial charge on any atom is -0.493 e. The van der Waals surface area contributed by atoms with Crippen LogP contribution in [0.4, 0.5) is 0 Å². The van der Waals surface area contributed by atoms with Crippen molar-refractivity contribution in [3.8, 4) is 11.5 Å². The SMILES string of the molecule is CC.COc1cc2nc(Cc3cn4cc(C)cc(C)c4n3)[nH]c(=O)c2cc1OC. The number of hydrogen-bond donors (Lipinski definition) is 1. The van der Waals surface area contributed by atoms with Crippen LogP contribution in [0.25, 0.3) is 16.6 Å². The van der Waals surface area contributed by atoms with Crippen molar-refractivity contribution in [2.75, 3.05) is 14.2 Å². The lowest BCUT2D eigenvalue weighted by Crippen LogP contribution is -2.12. The lowest BCUT2D eigenvalue weighted by atomic mass is 10.2. The largest absolute Gasteiger partial charge is 0.493 e. The Morgan fingerprint density at radius 2 is 1.69 bits per heavy atom. The molecule has 0 amide bonds. The zero-order chi connectivity index (χ0) is 21.1. The molecular formula is C22H26N4O3. The van der Waals surface area contributed by atoms with Crippen LogP contribution < -0.4 is 15.0 Å². The number of fused-ring (bicyclic) bond motifs is 2. The maximum absolute atomic E-state index is 12.5. The minimum absolute atomic E-state index is 0.216. The van der Waals surface area contributed by atoms with E-state index in [4.69, 9.17) is 9.47 Å². The molecule has 0 unspecified atom stereocenters. The van der Waals surface area contributed by atoms with E-state index in [1.807, 2.05) is 37.6 Å². The van der Waals surface area contributed by atoms with Crippen LogP contribution >= 0.6 is 0 Å². The highest BCUT2D eigenvalue weighted by atomic mass is 16.5. The van der Waals surface area contributed by atoms with Gasteiger partial charge in [0.1, 0.15) is 11.5 Å². The molecule has 4 aromatic rings. The minimum atomic E-state index is -0.216. The van der Waals surface area contributed by atoms with E-state index in [0.29, 0.717) is 34.6 Å². The van der Waals surface area contributed by atoms with E-state index < -0.39 is 0 Å². The molecule has 0 radical (unpaired) electrons. The molecule has 29 heavy (non-hydrogen) atoms. The van der Waals surface area contributed by atoms with Crippen molar-refractivity contribution >= 4 is 16.6 Å². The fourth-order valence-electron chi connectivity index (χ4n) is 3.35. The van der Waals surface area contributed by atoms with Crippen LogP contribution in [-0.4, -0.2) is 33.6 Å². The fourth-order valence-corrected chi connectivity index (χ4v) is 3.35. The average Bonchev–Trinajstić information content (AvgIpc) is 3.11. The summed E-state index contributed by atoms with van der Waals surface area (Å²) in [4.78, 5) is 24.6. The van der Waals surface area contributed by atoms with Gasteiger partial charge in [-0.25, -0.2) is 9.97 Å². The molecule has 0 fully saturated rings. The van der Waals surface area contributed by atoms with E-state index in [-0.39, 0.29) is 5.56 Å². The summed E-state index contributed by atoms with van der Waals surface area (Å²) in [5.74, 6) is 1.58. The van der Waals surface area contributed by atoms with Gasteiger partial charge in [0, 0.05) is 24.9 Å². The molecule has 0 aliphatic carbocycles. The van der Waals surface area contributed by atoms with E-state index in [1.165, 1.54) is 12.7 Å². The van der Waals surface area contributed by atoms with Crippen molar-refractivity contribution in [1.82, 2.24) is 19.4 Å². The summed E-state index contributed by atoms with van der Waals surface area (Å²) in [6.45, 7) is 8.09. The van der Waals surface area contributed by atoms with Gasteiger partial charge >= 0.3 is 0 Å². The third kappa shape index (κ3) is 3.94. The molecule has 4 rings (SSSR count). The molecule has 0 bridgehead atoms. The van der Waals surface area contributed by atoms with Crippen LogP contribution in [0, 0.1) is 13.8 Å². The Balaban J connectivity index is 0.00000117. The predicted molar refractivity (Wildman–Crippen MR) is 114 cm³/mol. The zero-order valence-electron chi connectivity index (χ0n) is 17.7. The summed E-state index contributed by atoms with van der Waals surface area (Å²) < 4.78 is 12.6. The number of aromatic nitrogens is 4. The topological polar surface area (TPSA) is 81.5 Å². The molecule has 152 valence electrons. The number of rotatable bonds is 4. The molecule has 0 aliphatic rings. The Hall–Kier alpha value is -3.35. The van der Waals surface area contributed by atoms with Crippen molar-refractivity contribution < 1.29 is 9.47 Å². The number of aryl methyl sites for hydroxylation is 2. The molecule has 1 aromatic carbocycles. The van der Waals surface area contributed by atoms with Crippen LogP contribution in [0.3, 0.4) is 0 Å². The van der Waals surface area contributed by atoms with Gasteiger partial charge in [0.15, 0.2) is 11.5 Å².